The predicted molar refractivity (Wildman–Crippen MR) is 91.0 cm³/mol. The van der Waals surface area contributed by atoms with Crippen molar-refractivity contribution in [2.45, 2.75) is 46.0 Å². The Bertz CT molecular complexity index is 799. The average molecular weight is 342 g/mol. The summed E-state index contributed by atoms with van der Waals surface area (Å²) in [4.78, 5) is 13.3. The average Bonchev–Trinajstić information content (AvgIpc) is 2.93. The van der Waals surface area contributed by atoms with Crippen molar-refractivity contribution < 1.29 is 18.8 Å². The molecule has 0 saturated carbocycles. The third-order valence-electron chi connectivity index (χ3n) is 5.14. The number of likely N-dealkylation sites (tertiary alicyclic amines) is 1. The van der Waals surface area contributed by atoms with Gasteiger partial charge in [0.05, 0.1) is 12.3 Å². The van der Waals surface area contributed by atoms with E-state index in [1.54, 1.807) is 6.92 Å². The topological polar surface area (TPSA) is 64.8 Å². The Hall–Kier alpha value is -2.34. The molecule has 6 heteroatoms. The summed E-state index contributed by atoms with van der Waals surface area (Å²) < 4.78 is 17.6. The van der Waals surface area contributed by atoms with Gasteiger partial charge in [-0.25, -0.2) is 0 Å². The molecule has 0 N–H and O–H groups in total. The fraction of sp³-hybridized carbons (Fsp3) is 0.474. The second-order valence-corrected chi connectivity index (χ2v) is 6.83. The van der Waals surface area contributed by atoms with Gasteiger partial charge in [0.1, 0.15) is 11.5 Å². The van der Waals surface area contributed by atoms with Crippen molar-refractivity contribution in [1.82, 2.24) is 10.1 Å². The molecule has 25 heavy (non-hydrogen) atoms. The van der Waals surface area contributed by atoms with Gasteiger partial charge >= 0.3 is 0 Å². The summed E-state index contributed by atoms with van der Waals surface area (Å²) in [5.74, 6) is 1.17. The Morgan fingerprint density at radius 3 is 2.64 bits per heavy atom. The van der Waals surface area contributed by atoms with E-state index in [4.69, 9.17) is 14.0 Å². The Kier molecular flexibility index (Phi) is 3.80. The highest BCUT2D eigenvalue weighted by atomic mass is 16.7. The van der Waals surface area contributed by atoms with Gasteiger partial charge in [-0.1, -0.05) is 11.2 Å². The number of carbonyl (C=O) groups excluding carboxylic acids is 1. The van der Waals surface area contributed by atoms with Crippen molar-refractivity contribution in [3.63, 3.8) is 0 Å². The standard InChI is InChI=1S/C19H22N2O4/c1-12-18(13(2)25-20-12)15-4-5-17-16(10-15)11-23-19(24-17)6-8-21(9-7-19)14(3)22/h4-5,10H,6-9,11H2,1-3H3. The molecule has 0 unspecified atom stereocenters. The van der Waals surface area contributed by atoms with Crippen molar-refractivity contribution in [3.05, 3.63) is 35.2 Å². The van der Waals surface area contributed by atoms with Crippen LogP contribution < -0.4 is 4.74 Å². The van der Waals surface area contributed by atoms with Crippen LogP contribution in [0, 0.1) is 13.8 Å². The fourth-order valence-electron chi connectivity index (χ4n) is 3.69. The highest BCUT2D eigenvalue weighted by Crippen LogP contribution is 2.39. The third kappa shape index (κ3) is 2.80. The molecule has 0 aliphatic carbocycles. The SMILES string of the molecule is CC(=O)N1CCC2(CC1)OCc1cc(-c3c(C)noc3C)ccc1O2. The van der Waals surface area contributed by atoms with Crippen LogP contribution in [0.2, 0.25) is 0 Å². The number of aryl methyl sites for hydroxylation is 2. The first-order valence-electron chi connectivity index (χ1n) is 8.62. The largest absolute Gasteiger partial charge is 0.462 e. The number of nitrogens with zero attached hydrogens (tertiary/aromatic N) is 2. The van der Waals surface area contributed by atoms with Crippen LogP contribution in [0.15, 0.2) is 22.7 Å². The molecule has 2 aliphatic rings. The molecule has 1 aromatic carbocycles. The van der Waals surface area contributed by atoms with Gasteiger partial charge in [-0.2, -0.15) is 0 Å². The zero-order valence-electron chi connectivity index (χ0n) is 14.8. The normalized spacial score (nSPS) is 18.8. The number of hydrogen-bond donors (Lipinski definition) is 0. The summed E-state index contributed by atoms with van der Waals surface area (Å²) in [5.41, 5.74) is 3.99. The lowest BCUT2D eigenvalue weighted by atomic mass is 9.98. The number of amides is 1. The van der Waals surface area contributed by atoms with E-state index in [0.717, 1.165) is 33.9 Å². The van der Waals surface area contributed by atoms with Gasteiger partial charge in [-0.3, -0.25) is 4.79 Å². The smallest absolute Gasteiger partial charge is 0.219 e. The summed E-state index contributed by atoms with van der Waals surface area (Å²) in [6, 6.07) is 6.12. The van der Waals surface area contributed by atoms with Crippen molar-refractivity contribution in [3.8, 4) is 16.9 Å². The molecular formula is C19H22N2O4. The van der Waals surface area contributed by atoms with Crippen LogP contribution in [-0.4, -0.2) is 34.8 Å². The van der Waals surface area contributed by atoms with E-state index in [-0.39, 0.29) is 5.91 Å². The molecule has 0 bridgehead atoms. The van der Waals surface area contributed by atoms with E-state index >= 15 is 0 Å². The molecule has 6 nitrogen and oxygen atoms in total. The van der Waals surface area contributed by atoms with Gasteiger partial charge in [0.25, 0.3) is 0 Å². The molecule has 1 aromatic heterocycles. The van der Waals surface area contributed by atoms with Gasteiger partial charge in [0.2, 0.25) is 11.7 Å². The maximum atomic E-state index is 11.5. The molecular weight excluding hydrogens is 320 g/mol. The number of fused-ring (bicyclic) bond motifs is 1. The summed E-state index contributed by atoms with van der Waals surface area (Å²) in [6.07, 6.45) is 1.38. The number of aromatic nitrogens is 1. The lowest BCUT2D eigenvalue weighted by Crippen LogP contribution is -2.52. The second kappa shape index (κ2) is 5.88. The first-order valence-corrected chi connectivity index (χ1v) is 8.62. The minimum absolute atomic E-state index is 0.107. The molecule has 3 heterocycles. The van der Waals surface area contributed by atoms with Crippen LogP contribution >= 0.6 is 0 Å². The summed E-state index contributed by atoms with van der Waals surface area (Å²) in [5, 5.41) is 4.02. The zero-order chi connectivity index (χ0) is 17.6. The molecule has 0 atom stereocenters. The molecule has 1 fully saturated rings. The minimum Gasteiger partial charge on any atom is -0.462 e. The molecule has 2 aliphatic heterocycles. The number of ether oxygens (including phenoxy) is 2. The molecule has 1 saturated heterocycles. The van der Waals surface area contributed by atoms with Crippen molar-refractivity contribution in [2.24, 2.45) is 0 Å². The van der Waals surface area contributed by atoms with Crippen LogP contribution in [0.4, 0.5) is 0 Å². The Morgan fingerprint density at radius 2 is 2.00 bits per heavy atom. The monoisotopic (exact) mass is 342 g/mol. The van der Waals surface area contributed by atoms with E-state index in [2.05, 4.69) is 11.2 Å². The van der Waals surface area contributed by atoms with E-state index < -0.39 is 5.79 Å². The summed E-state index contributed by atoms with van der Waals surface area (Å²) >= 11 is 0. The van der Waals surface area contributed by atoms with Gasteiger partial charge in [0.15, 0.2) is 0 Å². The quantitative estimate of drug-likeness (QED) is 0.796. The van der Waals surface area contributed by atoms with Crippen LogP contribution in [0.3, 0.4) is 0 Å². The predicted octanol–water partition coefficient (Wildman–Crippen LogP) is 3.21. The lowest BCUT2D eigenvalue weighted by molar-refractivity contribution is -0.227. The highest BCUT2D eigenvalue weighted by molar-refractivity contribution is 5.73. The van der Waals surface area contributed by atoms with Crippen molar-refractivity contribution in [2.75, 3.05) is 13.1 Å². The Labute approximate surface area is 146 Å². The first-order chi connectivity index (χ1) is 12.0. The molecule has 0 radical (unpaired) electrons. The molecule has 4 rings (SSSR count). The third-order valence-corrected chi connectivity index (χ3v) is 5.14. The lowest BCUT2D eigenvalue weighted by Gasteiger charge is -2.43. The van der Waals surface area contributed by atoms with Crippen LogP contribution in [0.5, 0.6) is 5.75 Å². The van der Waals surface area contributed by atoms with Crippen molar-refractivity contribution in [1.29, 1.82) is 0 Å². The van der Waals surface area contributed by atoms with Gasteiger partial charge in [-0.15, -0.1) is 0 Å². The molecule has 1 amide bonds. The number of hydrogen-bond acceptors (Lipinski definition) is 5. The van der Waals surface area contributed by atoms with E-state index in [9.17, 15) is 4.79 Å². The Morgan fingerprint density at radius 1 is 1.24 bits per heavy atom. The van der Waals surface area contributed by atoms with Crippen molar-refractivity contribution >= 4 is 5.91 Å². The molecule has 2 aromatic rings. The first kappa shape index (κ1) is 16.1. The Balaban J connectivity index is 1.56. The number of piperidine rings is 1. The number of rotatable bonds is 1. The van der Waals surface area contributed by atoms with Gasteiger partial charge in [-0.05, 0) is 31.5 Å². The summed E-state index contributed by atoms with van der Waals surface area (Å²) in [6.45, 7) is 7.30. The minimum atomic E-state index is -0.608. The van der Waals surface area contributed by atoms with E-state index in [1.807, 2.05) is 30.9 Å². The maximum Gasteiger partial charge on any atom is 0.219 e. The fourth-order valence-corrected chi connectivity index (χ4v) is 3.69. The zero-order valence-corrected chi connectivity index (χ0v) is 14.8. The second-order valence-electron chi connectivity index (χ2n) is 6.83. The summed E-state index contributed by atoms with van der Waals surface area (Å²) in [7, 11) is 0. The van der Waals surface area contributed by atoms with E-state index in [1.165, 1.54) is 0 Å². The highest BCUT2D eigenvalue weighted by Gasteiger charge is 2.41. The van der Waals surface area contributed by atoms with Crippen LogP contribution in [-0.2, 0) is 16.1 Å². The number of carbonyl (C=O) groups is 1. The maximum absolute atomic E-state index is 11.5. The van der Waals surface area contributed by atoms with E-state index in [0.29, 0.717) is 32.5 Å². The van der Waals surface area contributed by atoms with Gasteiger partial charge < -0.3 is 18.9 Å². The molecule has 1 spiro atoms. The number of benzene rings is 1. The molecule has 132 valence electrons. The van der Waals surface area contributed by atoms with Crippen LogP contribution in [0.1, 0.15) is 36.8 Å². The van der Waals surface area contributed by atoms with Crippen LogP contribution in [0.25, 0.3) is 11.1 Å². The van der Waals surface area contributed by atoms with Gasteiger partial charge in [0, 0.05) is 44.0 Å².